The molecule has 2 heterocycles. The fraction of sp³-hybridized carbons (Fsp3) is 0.471. The van der Waals surface area contributed by atoms with Crippen molar-refractivity contribution in [1.29, 1.82) is 0 Å². The predicted octanol–water partition coefficient (Wildman–Crippen LogP) is 3.10. The van der Waals surface area contributed by atoms with Gasteiger partial charge in [0.2, 0.25) is 5.13 Å². The molecular formula is C17H22N4O2S. The number of amides is 2. The third-order valence-electron chi connectivity index (χ3n) is 4.10. The van der Waals surface area contributed by atoms with Crippen molar-refractivity contribution in [3.63, 3.8) is 0 Å². The molecule has 3 rings (SSSR count). The Morgan fingerprint density at radius 3 is 2.92 bits per heavy atom. The number of carbonyl (C=O) groups is 1. The number of rotatable bonds is 6. The molecule has 0 spiro atoms. The molecule has 6 nitrogen and oxygen atoms in total. The van der Waals surface area contributed by atoms with Crippen LogP contribution in [-0.4, -0.2) is 46.9 Å². The van der Waals surface area contributed by atoms with Crippen molar-refractivity contribution in [3.05, 3.63) is 40.9 Å². The van der Waals surface area contributed by atoms with Crippen LogP contribution < -0.4 is 5.32 Å². The van der Waals surface area contributed by atoms with Crippen molar-refractivity contribution < 1.29 is 9.53 Å². The summed E-state index contributed by atoms with van der Waals surface area (Å²) in [6.07, 6.45) is 3.02. The number of benzene rings is 1. The number of urea groups is 1. The summed E-state index contributed by atoms with van der Waals surface area (Å²) in [5, 5.41) is 11.0. The first-order valence-corrected chi connectivity index (χ1v) is 9.08. The van der Waals surface area contributed by atoms with E-state index >= 15 is 0 Å². The molecule has 24 heavy (non-hydrogen) atoms. The number of aromatic nitrogens is 2. The maximum atomic E-state index is 12.6. The lowest BCUT2D eigenvalue weighted by atomic mass is 10.1. The molecule has 128 valence electrons. The minimum atomic E-state index is -0.144. The lowest BCUT2D eigenvalue weighted by molar-refractivity contribution is 0.0839. The van der Waals surface area contributed by atoms with Crippen LogP contribution in [0, 0.1) is 6.92 Å². The maximum absolute atomic E-state index is 12.6. The summed E-state index contributed by atoms with van der Waals surface area (Å²) >= 11 is 1.32. The molecule has 1 N–H and O–H groups in total. The molecule has 1 aromatic heterocycles. The molecule has 0 radical (unpaired) electrons. The third-order valence-corrected chi connectivity index (χ3v) is 4.71. The molecule has 1 atom stereocenters. The quantitative estimate of drug-likeness (QED) is 0.873. The van der Waals surface area contributed by atoms with E-state index in [0.717, 1.165) is 25.9 Å². The molecule has 0 aliphatic carbocycles. The van der Waals surface area contributed by atoms with Gasteiger partial charge in [0.05, 0.1) is 6.10 Å². The van der Waals surface area contributed by atoms with Crippen LogP contribution in [0.15, 0.2) is 29.8 Å². The first-order valence-electron chi connectivity index (χ1n) is 8.20. The first-order chi connectivity index (χ1) is 11.7. The monoisotopic (exact) mass is 346 g/mol. The van der Waals surface area contributed by atoms with Crippen LogP contribution in [0.4, 0.5) is 9.93 Å². The van der Waals surface area contributed by atoms with Gasteiger partial charge in [0, 0.05) is 19.7 Å². The van der Waals surface area contributed by atoms with Crippen molar-refractivity contribution in [3.8, 4) is 0 Å². The predicted molar refractivity (Wildman–Crippen MR) is 94.4 cm³/mol. The minimum Gasteiger partial charge on any atom is -0.376 e. The zero-order chi connectivity index (χ0) is 16.8. The van der Waals surface area contributed by atoms with Crippen LogP contribution in [0.3, 0.4) is 0 Å². The molecule has 0 bridgehead atoms. The van der Waals surface area contributed by atoms with Gasteiger partial charge in [-0.2, -0.15) is 0 Å². The van der Waals surface area contributed by atoms with E-state index < -0.39 is 0 Å². The minimum absolute atomic E-state index is 0.128. The summed E-state index contributed by atoms with van der Waals surface area (Å²) < 4.78 is 5.69. The molecule has 1 fully saturated rings. The summed E-state index contributed by atoms with van der Waals surface area (Å²) in [7, 11) is 0. The second-order valence-corrected chi connectivity index (χ2v) is 6.82. The first kappa shape index (κ1) is 16.9. The zero-order valence-electron chi connectivity index (χ0n) is 13.8. The lowest BCUT2D eigenvalue weighted by Crippen LogP contribution is -2.41. The van der Waals surface area contributed by atoms with Gasteiger partial charge in [0.15, 0.2) is 0 Å². The smallest absolute Gasteiger partial charge is 0.323 e. The fourth-order valence-electron chi connectivity index (χ4n) is 2.73. The number of carbonyl (C=O) groups excluding carboxylic acids is 1. The number of aryl methyl sites for hydroxylation is 1. The van der Waals surface area contributed by atoms with Gasteiger partial charge in [-0.1, -0.05) is 41.2 Å². The summed E-state index contributed by atoms with van der Waals surface area (Å²) in [5.74, 6) is 0. The average molecular weight is 346 g/mol. The molecule has 7 heteroatoms. The SMILES string of the molecule is Cc1ccc(CCN(C[C@@H]2CCCO2)C(=O)Nc2nncs2)cc1. The van der Waals surface area contributed by atoms with Crippen LogP contribution >= 0.6 is 11.3 Å². The molecule has 1 aliphatic rings. The Morgan fingerprint density at radius 1 is 1.42 bits per heavy atom. The molecule has 1 saturated heterocycles. The van der Waals surface area contributed by atoms with Crippen molar-refractivity contribution in [2.75, 3.05) is 25.0 Å². The van der Waals surface area contributed by atoms with E-state index in [9.17, 15) is 4.79 Å². The van der Waals surface area contributed by atoms with Gasteiger partial charge >= 0.3 is 6.03 Å². The number of hydrogen-bond acceptors (Lipinski definition) is 5. The highest BCUT2D eigenvalue weighted by Crippen LogP contribution is 2.16. The lowest BCUT2D eigenvalue weighted by Gasteiger charge is -2.25. The van der Waals surface area contributed by atoms with E-state index in [4.69, 9.17) is 4.74 Å². The molecular weight excluding hydrogens is 324 g/mol. The number of ether oxygens (including phenoxy) is 1. The Morgan fingerprint density at radius 2 is 2.25 bits per heavy atom. The molecule has 0 unspecified atom stereocenters. The summed E-state index contributed by atoms with van der Waals surface area (Å²) in [6.45, 7) is 4.11. The Kier molecular flexibility index (Phi) is 5.77. The summed E-state index contributed by atoms with van der Waals surface area (Å²) in [5.41, 5.74) is 4.07. The zero-order valence-corrected chi connectivity index (χ0v) is 14.6. The van der Waals surface area contributed by atoms with E-state index in [1.807, 2.05) is 4.90 Å². The number of nitrogens with one attached hydrogen (secondary N) is 1. The van der Waals surface area contributed by atoms with Crippen molar-refractivity contribution >= 4 is 22.5 Å². The highest BCUT2D eigenvalue weighted by Gasteiger charge is 2.23. The van der Waals surface area contributed by atoms with E-state index in [1.54, 1.807) is 5.51 Å². The molecule has 0 saturated carbocycles. The van der Waals surface area contributed by atoms with Crippen LogP contribution in [0.2, 0.25) is 0 Å². The van der Waals surface area contributed by atoms with Crippen LogP contribution in [0.1, 0.15) is 24.0 Å². The van der Waals surface area contributed by atoms with Crippen LogP contribution in [-0.2, 0) is 11.2 Å². The van der Waals surface area contributed by atoms with Crippen molar-refractivity contribution in [1.82, 2.24) is 15.1 Å². The topological polar surface area (TPSA) is 67.3 Å². The van der Waals surface area contributed by atoms with E-state index in [1.165, 1.54) is 22.5 Å². The maximum Gasteiger partial charge on any atom is 0.323 e. The van der Waals surface area contributed by atoms with Gasteiger partial charge in [-0.05, 0) is 31.7 Å². The fourth-order valence-corrected chi connectivity index (χ4v) is 3.16. The highest BCUT2D eigenvalue weighted by molar-refractivity contribution is 7.13. The number of nitrogens with zero attached hydrogens (tertiary/aromatic N) is 3. The Balaban J connectivity index is 1.61. The van der Waals surface area contributed by atoms with Gasteiger partial charge in [-0.3, -0.25) is 5.32 Å². The molecule has 1 aliphatic heterocycles. The molecule has 2 amide bonds. The van der Waals surface area contributed by atoms with Crippen LogP contribution in [0.25, 0.3) is 0 Å². The van der Waals surface area contributed by atoms with E-state index in [2.05, 4.69) is 46.7 Å². The highest BCUT2D eigenvalue weighted by atomic mass is 32.1. The van der Waals surface area contributed by atoms with Gasteiger partial charge in [-0.25, -0.2) is 4.79 Å². The standard InChI is InChI=1S/C17H22N4O2S/c1-13-4-6-14(7-5-13)8-9-21(11-15-3-2-10-23-15)17(22)19-16-20-18-12-24-16/h4-7,12,15H,2-3,8-11H2,1H3,(H,19,20,22)/t15-/m0/s1. The Labute approximate surface area is 145 Å². The normalized spacial score (nSPS) is 17.0. The second-order valence-electron chi connectivity index (χ2n) is 5.99. The van der Waals surface area contributed by atoms with Crippen molar-refractivity contribution in [2.24, 2.45) is 0 Å². The van der Waals surface area contributed by atoms with Gasteiger partial charge < -0.3 is 9.64 Å². The van der Waals surface area contributed by atoms with E-state index in [0.29, 0.717) is 18.2 Å². The Hall–Kier alpha value is -1.99. The van der Waals surface area contributed by atoms with Gasteiger partial charge in [0.1, 0.15) is 5.51 Å². The van der Waals surface area contributed by atoms with Crippen LogP contribution in [0.5, 0.6) is 0 Å². The number of hydrogen-bond donors (Lipinski definition) is 1. The number of anilines is 1. The summed E-state index contributed by atoms with van der Waals surface area (Å²) in [6, 6.07) is 8.28. The Bertz CT molecular complexity index is 639. The van der Waals surface area contributed by atoms with E-state index in [-0.39, 0.29) is 12.1 Å². The van der Waals surface area contributed by atoms with Gasteiger partial charge in [-0.15, -0.1) is 10.2 Å². The summed E-state index contributed by atoms with van der Waals surface area (Å²) in [4.78, 5) is 14.4. The average Bonchev–Trinajstić information content (AvgIpc) is 3.26. The van der Waals surface area contributed by atoms with Gasteiger partial charge in [0.25, 0.3) is 0 Å². The second kappa shape index (κ2) is 8.21. The molecule has 1 aromatic carbocycles. The largest absolute Gasteiger partial charge is 0.376 e. The molecule has 2 aromatic rings. The van der Waals surface area contributed by atoms with Crippen molar-refractivity contribution in [2.45, 2.75) is 32.3 Å². The third kappa shape index (κ3) is 4.75.